The van der Waals surface area contributed by atoms with E-state index in [2.05, 4.69) is 10.4 Å². The van der Waals surface area contributed by atoms with Crippen molar-refractivity contribution in [2.75, 3.05) is 0 Å². The minimum atomic E-state index is -0.398. The Morgan fingerprint density at radius 3 is 2.53 bits per heavy atom. The molecule has 0 saturated carbocycles. The quantitative estimate of drug-likeness (QED) is 0.844. The van der Waals surface area contributed by atoms with E-state index in [-0.39, 0.29) is 0 Å². The van der Waals surface area contributed by atoms with E-state index < -0.39 is 5.91 Å². The molecular formula is C14H18N4O. The molecule has 1 aromatic carbocycles. The summed E-state index contributed by atoms with van der Waals surface area (Å²) < 4.78 is 1.86. The van der Waals surface area contributed by atoms with Gasteiger partial charge in [0.05, 0.1) is 6.20 Å². The summed E-state index contributed by atoms with van der Waals surface area (Å²) in [5.41, 5.74) is 9.20. The van der Waals surface area contributed by atoms with E-state index in [4.69, 9.17) is 5.73 Å². The number of nitrogens with one attached hydrogen (secondary N) is 1. The van der Waals surface area contributed by atoms with E-state index in [1.165, 1.54) is 5.56 Å². The fraction of sp³-hybridized carbons (Fsp3) is 0.286. The molecule has 0 aliphatic carbocycles. The van der Waals surface area contributed by atoms with Crippen molar-refractivity contribution in [1.82, 2.24) is 15.1 Å². The van der Waals surface area contributed by atoms with Crippen molar-refractivity contribution >= 4 is 5.91 Å². The number of primary amides is 1. The normalized spacial score (nSPS) is 10.6. The average molecular weight is 258 g/mol. The van der Waals surface area contributed by atoms with Crippen molar-refractivity contribution in [2.24, 2.45) is 12.8 Å². The Labute approximate surface area is 112 Å². The van der Waals surface area contributed by atoms with Crippen LogP contribution in [-0.4, -0.2) is 15.7 Å². The van der Waals surface area contributed by atoms with Crippen LogP contribution >= 0.6 is 0 Å². The van der Waals surface area contributed by atoms with Gasteiger partial charge >= 0.3 is 0 Å². The maximum atomic E-state index is 10.9. The van der Waals surface area contributed by atoms with Gasteiger partial charge in [0.25, 0.3) is 0 Å². The topological polar surface area (TPSA) is 72.9 Å². The van der Waals surface area contributed by atoms with Crippen LogP contribution in [0.3, 0.4) is 0 Å². The number of aromatic nitrogens is 2. The molecule has 0 spiro atoms. The first-order valence-electron chi connectivity index (χ1n) is 6.15. The van der Waals surface area contributed by atoms with Crippen LogP contribution in [0.1, 0.15) is 27.2 Å². The molecule has 100 valence electrons. The van der Waals surface area contributed by atoms with E-state index >= 15 is 0 Å². The first-order chi connectivity index (χ1) is 9.08. The summed E-state index contributed by atoms with van der Waals surface area (Å²) in [5, 5.41) is 7.55. The number of benzene rings is 1. The molecule has 0 atom stereocenters. The molecule has 0 aliphatic rings. The summed E-state index contributed by atoms with van der Waals surface area (Å²) >= 11 is 0. The molecule has 0 radical (unpaired) electrons. The Morgan fingerprint density at radius 2 is 2.00 bits per heavy atom. The van der Waals surface area contributed by atoms with Crippen LogP contribution in [0.25, 0.3) is 0 Å². The Bertz CT molecular complexity index is 572. The second kappa shape index (κ2) is 5.67. The second-order valence-electron chi connectivity index (χ2n) is 4.54. The summed E-state index contributed by atoms with van der Waals surface area (Å²) in [5.74, 6) is -0.398. The Morgan fingerprint density at radius 1 is 1.32 bits per heavy atom. The van der Waals surface area contributed by atoms with Gasteiger partial charge in [-0.1, -0.05) is 12.1 Å². The summed E-state index contributed by atoms with van der Waals surface area (Å²) in [6, 6.07) is 7.30. The molecule has 0 saturated heterocycles. The molecule has 5 heteroatoms. The third-order valence-electron chi connectivity index (χ3n) is 3.22. The molecule has 1 heterocycles. The molecule has 0 unspecified atom stereocenters. The van der Waals surface area contributed by atoms with Crippen LogP contribution in [0.2, 0.25) is 0 Å². The lowest BCUT2D eigenvalue weighted by molar-refractivity contribution is 0.100. The van der Waals surface area contributed by atoms with Crippen LogP contribution in [0.5, 0.6) is 0 Å². The van der Waals surface area contributed by atoms with Crippen LogP contribution in [0.4, 0.5) is 0 Å². The van der Waals surface area contributed by atoms with Gasteiger partial charge in [-0.05, 0) is 24.6 Å². The van der Waals surface area contributed by atoms with Gasteiger partial charge in [-0.15, -0.1) is 0 Å². The molecule has 2 rings (SSSR count). The standard InChI is InChI=1S/C14H18N4O/c1-10-13(9-17-18(10)2)8-16-7-11-3-5-12(6-4-11)14(15)19/h3-6,9,16H,7-8H2,1-2H3,(H2,15,19). The highest BCUT2D eigenvalue weighted by Gasteiger charge is 2.03. The number of hydrogen-bond acceptors (Lipinski definition) is 3. The van der Waals surface area contributed by atoms with Gasteiger partial charge < -0.3 is 11.1 Å². The molecule has 19 heavy (non-hydrogen) atoms. The van der Waals surface area contributed by atoms with Crippen LogP contribution in [0.15, 0.2) is 30.5 Å². The van der Waals surface area contributed by atoms with Gasteiger partial charge in [-0.3, -0.25) is 9.48 Å². The van der Waals surface area contributed by atoms with Gasteiger partial charge in [-0.2, -0.15) is 5.10 Å². The van der Waals surface area contributed by atoms with Gasteiger partial charge in [0.15, 0.2) is 0 Å². The molecular weight excluding hydrogens is 240 g/mol. The van der Waals surface area contributed by atoms with E-state index in [1.807, 2.05) is 37.0 Å². The van der Waals surface area contributed by atoms with Crippen molar-refractivity contribution in [3.63, 3.8) is 0 Å². The monoisotopic (exact) mass is 258 g/mol. The maximum Gasteiger partial charge on any atom is 0.248 e. The minimum absolute atomic E-state index is 0.398. The molecule has 0 aliphatic heterocycles. The van der Waals surface area contributed by atoms with Gasteiger partial charge in [-0.25, -0.2) is 0 Å². The smallest absolute Gasteiger partial charge is 0.248 e. The predicted molar refractivity (Wildman–Crippen MR) is 73.4 cm³/mol. The number of nitrogens with zero attached hydrogens (tertiary/aromatic N) is 2. The number of aryl methyl sites for hydroxylation is 1. The minimum Gasteiger partial charge on any atom is -0.366 e. The first kappa shape index (κ1) is 13.3. The molecule has 1 aromatic heterocycles. The van der Waals surface area contributed by atoms with Gasteiger partial charge in [0, 0.05) is 37.0 Å². The SMILES string of the molecule is Cc1c(CNCc2ccc(C(N)=O)cc2)cnn1C. The Balaban J connectivity index is 1.89. The molecule has 3 N–H and O–H groups in total. The molecule has 1 amide bonds. The van der Waals surface area contributed by atoms with Crippen LogP contribution in [-0.2, 0) is 20.1 Å². The fourth-order valence-electron chi connectivity index (χ4n) is 1.85. The first-order valence-corrected chi connectivity index (χ1v) is 6.15. The number of hydrogen-bond donors (Lipinski definition) is 2. The highest BCUT2D eigenvalue weighted by molar-refractivity contribution is 5.92. The van der Waals surface area contributed by atoms with Crippen molar-refractivity contribution in [3.05, 3.63) is 52.8 Å². The van der Waals surface area contributed by atoms with Gasteiger partial charge in [0.2, 0.25) is 5.91 Å². The predicted octanol–water partition coefficient (Wildman–Crippen LogP) is 1.12. The lowest BCUT2D eigenvalue weighted by Gasteiger charge is -2.05. The van der Waals surface area contributed by atoms with Crippen LogP contribution < -0.4 is 11.1 Å². The number of carbonyl (C=O) groups is 1. The number of nitrogens with two attached hydrogens (primary N) is 1. The zero-order valence-electron chi connectivity index (χ0n) is 11.2. The zero-order chi connectivity index (χ0) is 13.8. The van der Waals surface area contributed by atoms with E-state index in [0.717, 1.165) is 24.3 Å². The average Bonchev–Trinajstić information content (AvgIpc) is 2.71. The van der Waals surface area contributed by atoms with Crippen LogP contribution in [0, 0.1) is 6.92 Å². The Kier molecular flexibility index (Phi) is 3.97. The van der Waals surface area contributed by atoms with Gasteiger partial charge in [0.1, 0.15) is 0 Å². The fourth-order valence-corrected chi connectivity index (χ4v) is 1.85. The van der Waals surface area contributed by atoms with E-state index in [0.29, 0.717) is 5.56 Å². The number of amides is 1. The molecule has 5 nitrogen and oxygen atoms in total. The summed E-state index contributed by atoms with van der Waals surface area (Å²) in [7, 11) is 1.93. The highest BCUT2D eigenvalue weighted by Crippen LogP contribution is 2.07. The third-order valence-corrected chi connectivity index (χ3v) is 3.22. The lowest BCUT2D eigenvalue weighted by atomic mass is 10.1. The number of rotatable bonds is 5. The second-order valence-corrected chi connectivity index (χ2v) is 4.54. The maximum absolute atomic E-state index is 10.9. The number of carbonyl (C=O) groups excluding carboxylic acids is 1. The highest BCUT2D eigenvalue weighted by atomic mass is 16.1. The Hall–Kier alpha value is -2.14. The zero-order valence-corrected chi connectivity index (χ0v) is 11.2. The third kappa shape index (κ3) is 3.20. The van der Waals surface area contributed by atoms with Crippen molar-refractivity contribution in [3.8, 4) is 0 Å². The van der Waals surface area contributed by atoms with Crippen molar-refractivity contribution in [2.45, 2.75) is 20.0 Å². The molecule has 0 fully saturated rings. The summed E-state index contributed by atoms with van der Waals surface area (Å²) in [4.78, 5) is 10.9. The summed E-state index contributed by atoms with van der Waals surface area (Å²) in [6.07, 6.45) is 1.87. The van der Waals surface area contributed by atoms with E-state index in [9.17, 15) is 4.79 Å². The molecule has 0 bridgehead atoms. The van der Waals surface area contributed by atoms with Crippen molar-refractivity contribution in [1.29, 1.82) is 0 Å². The lowest BCUT2D eigenvalue weighted by Crippen LogP contribution is -2.14. The van der Waals surface area contributed by atoms with E-state index in [1.54, 1.807) is 12.1 Å². The largest absolute Gasteiger partial charge is 0.366 e. The molecule has 2 aromatic rings. The summed E-state index contributed by atoms with van der Waals surface area (Å²) in [6.45, 7) is 3.57. The van der Waals surface area contributed by atoms with Crippen molar-refractivity contribution < 1.29 is 4.79 Å².